The van der Waals surface area contributed by atoms with Gasteiger partial charge in [0.15, 0.2) is 11.5 Å². The molecule has 1 atom stereocenters. The molecule has 8 heteroatoms. The highest BCUT2D eigenvalue weighted by Gasteiger charge is 2.09. The fourth-order valence-corrected chi connectivity index (χ4v) is 1.63. The Morgan fingerprint density at radius 1 is 1.30 bits per heavy atom. The summed E-state index contributed by atoms with van der Waals surface area (Å²) in [6.07, 6.45) is 0. The molecule has 0 fully saturated rings. The van der Waals surface area contributed by atoms with Crippen molar-refractivity contribution in [3.63, 3.8) is 0 Å². The summed E-state index contributed by atoms with van der Waals surface area (Å²) < 4.78 is 11.0. The lowest BCUT2D eigenvalue weighted by Gasteiger charge is -2.15. The number of nitrogens with zero attached hydrogens (tertiary/aromatic N) is 1. The number of halogens is 2. The van der Waals surface area contributed by atoms with Crippen molar-refractivity contribution in [2.45, 2.75) is 19.5 Å². The van der Waals surface area contributed by atoms with Crippen LogP contribution in [0.25, 0.3) is 0 Å². The predicted molar refractivity (Wildman–Crippen MR) is 97.0 cm³/mol. The number of nitrogens with one attached hydrogen (secondary N) is 1. The second-order valence-corrected chi connectivity index (χ2v) is 5.14. The first kappa shape index (κ1) is 24.0. The second kappa shape index (κ2) is 12.2. The van der Waals surface area contributed by atoms with Crippen molar-refractivity contribution in [3.8, 4) is 11.5 Å². The molecule has 23 heavy (non-hydrogen) atoms. The van der Waals surface area contributed by atoms with E-state index >= 15 is 0 Å². The molecule has 6 nitrogen and oxygen atoms in total. The lowest BCUT2D eigenvalue weighted by Crippen LogP contribution is -2.37. The molecular formula is C15H27Cl2N3O3. The molecule has 0 aliphatic carbocycles. The van der Waals surface area contributed by atoms with Crippen LogP contribution in [0.15, 0.2) is 18.2 Å². The van der Waals surface area contributed by atoms with Gasteiger partial charge in [0.1, 0.15) is 6.61 Å². The number of carbonyl (C=O) groups excluding carboxylic acids is 1. The Balaban J connectivity index is 0. The number of rotatable bonds is 8. The SMILES string of the molecule is COc1cc(CNC(=O)C(C)N)ccc1OCCN(C)C.Cl.Cl. The number of hydrogen-bond acceptors (Lipinski definition) is 5. The Morgan fingerprint density at radius 3 is 2.48 bits per heavy atom. The number of carbonyl (C=O) groups is 1. The summed E-state index contributed by atoms with van der Waals surface area (Å²) in [5.74, 6) is 1.17. The highest BCUT2D eigenvalue weighted by atomic mass is 35.5. The quantitative estimate of drug-likeness (QED) is 0.726. The van der Waals surface area contributed by atoms with Crippen molar-refractivity contribution in [1.82, 2.24) is 10.2 Å². The van der Waals surface area contributed by atoms with Crippen molar-refractivity contribution in [1.29, 1.82) is 0 Å². The summed E-state index contributed by atoms with van der Waals surface area (Å²) in [6, 6.07) is 5.09. The van der Waals surface area contributed by atoms with Gasteiger partial charge in [-0.05, 0) is 38.7 Å². The number of amides is 1. The summed E-state index contributed by atoms with van der Waals surface area (Å²) >= 11 is 0. The molecule has 0 aliphatic rings. The van der Waals surface area contributed by atoms with Crippen LogP contribution in [-0.4, -0.2) is 51.2 Å². The predicted octanol–water partition coefficient (Wildman–Crippen LogP) is 1.44. The van der Waals surface area contributed by atoms with Crippen molar-refractivity contribution >= 4 is 30.7 Å². The molecule has 1 aromatic carbocycles. The largest absolute Gasteiger partial charge is 0.493 e. The lowest BCUT2D eigenvalue weighted by atomic mass is 10.2. The Labute approximate surface area is 150 Å². The molecular weight excluding hydrogens is 341 g/mol. The van der Waals surface area contributed by atoms with E-state index in [0.29, 0.717) is 24.7 Å². The van der Waals surface area contributed by atoms with Gasteiger partial charge >= 0.3 is 0 Å². The molecule has 0 aromatic heterocycles. The van der Waals surface area contributed by atoms with Gasteiger partial charge in [0, 0.05) is 13.1 Å². The highest BCUT2D eigenvalue weighted by Crippen LogP contribution is 2.28. The number of methoxy groups -OCH3 is 1. The van der Waals surface area contributed by atoms with Crippen LogP contribution in [0.5, 0.6) is 11.5 Å². The average molecular weight is 368 g/mol. The minimum atomic E-state index is -0.513. The van der Waals surface area contributed by atoms with Gasteiger partial charge in [-0.15, -0.1) is 24.8 Å². The van der Waals surface area contributed by atoms with E-state index in [4.69, 9.17) is 15.2 Å². The fraction of sp³-hybridized carbons (Fsp3) is 0.533. The molecule has 0 radical (unpaired) electrons. The highest BCUT2D eigenvalue weighted by molar-refractivity contribution is 5.85. The van der Waals surface area contributed by atoms with E-state index in [9.17, 15) is 4.79 Å². The molecule has 0 bridgehead atoms. The van der Waals surface area contributed by atoms with Crippen molar-refractivity contribution in [2.24, 2.45) is 5.73 Å². The first-order chi connectivity index (χ1) is 9.93. The van der Waals surface area contributed by atoms with E-state index in [0.717, 1.165) is 12.1 Å². The Morgan fingerprint density at radius 2 is 1.96 bits per heavy atom. The maximum absolute atomic E-state index is 11.4. The van der Waals surface area contributed by atoms with Crippen LogP contribution in [0, 0.1) is 0 Å². The zero-order chi connectivity index (χ0) is 15.8. The zero-order valence-electron chi connectivity index (χ0n) is 14.0. The minimum absolute atomic E-state index is 0. The number of ether oxygens (including phenoxy) is 2. The molecule has 1 rings (SSSR count). The second-order valence-electron chi connectivity index (χ2n) is 5.14. The number of hydrogen-bond donors (Lipinski definition) is 2. The summed E-state index contributed by atoms with van der Waals surface area (Å²) in [7, 11) is 5.58. The van der Waals surface area contributed by atoms with Gasteiger partial charge in [-0.3, -0.25) is 4.79 Å². The molecule has 0 saturated carbocycles. The van der Waals surface area contributed by atoms with E-state index in [2.05, 4.69) is 5.32 Å². The van der Waals surface area contributed by atoms with Gasteiger partial charge < -0.3 is 25.4 Å². The van der Waals surface area contributed by atoms with Gasteiger partial charge in [-0.25, -0.2) is 0 Å². The third kappa shape index (κ3) is 8.86. The maximum atomic E-state index is 11.4. The summed E-state index contributed by atoms with van der Waals surface area (Å²) in [4.78, 5) is 13.5. The van der Waals surface area contributed by atoms with E-state index in [-0.39, 0.29) is 30.7 Å². The van der Waals surface area contributed by atoms with Crippen LogP contribution in [0.3, 0.4) is 0 Å². The molecule has 0 aliphatic heterocycles. The molecule has 0 saturated heterocycles. The molecule has 3 N–H and O–H groups in total. The van der Waals surface area contributed by atoms with Crippen LogP contribution >= 0.6 is 24.8 Å². The maximum Gasteiger partial charge on any atom is 0.236 e. The average Bonchev–Trinajstić information content (AvgIpc) is 2.44. The van der Waals surface area contributed by atoms with Gasteiger partial charge in [0.25, 0.3) is 0 Å². The monoisotopic (exact) mass is 367 g/mol. The molecule has 1 unspecified atom stereocenters. The van der Waals surface area contributed by atoms with E-state index < -0.39 is 6.04 Å². The Bertz CT molecular complexity index is 471. The van der Waals surface area contributed by atoms with Crippen LogP contribution in [0.1, 0.15) is 12.5 Å². The standard InChI is InChI=1S/C15H25N3O3.2ClH/c1-11(16)15(19)17-10-12-5-6-13(14(9-12)20-4)21-8-7-18(2)3;;/h5-6,9,11H,7-8,10,16H2,1-4H3,(H,17,19);2*1H. The van der Waals surface area contributed by atoms with Gasteiger partial charge in [0.2, 0.25) is 5.91 Å². The molecule has 1 aromatic rings. The lowest BCUT2D eigenvalue weighted by molar-refractivity contribution is -0.122. The van der Waals surface area contributed by atoms with Crippen LogP contribution < -0.4 is 20.5 Å². The minimum Gasteiger partial charge on any atom is -0.493 e. The third-order valence-corrected chi connectivity index (χ3v) is 2.90. The summed E-state index contributed by atoms with van der Waals surface area (Å²) in [5, 5.41) is 2.76. The van der Waals surface area contributed by atoms with Crippen molar-refractivity contribution in [3.05, 3.63) is 23.8 Å². The number of benzene rings is 1. The van der Waals surface area contributed by atoms with Gasteiger partial charge in [0.05, 0.1) is 13.2 Å². The third-order valence-electron chi connectivity index (χ3n) is 2.90. The van der Waals surface area contributed by atoms with Crippen molar-refractivity contribution in [2.75, 3.05) is 34.4 Å². The first-order valence-corrected chi connectivity index (χ1v) is 6.91. The smallest absolute Gasteiger partial charge is 0.236 e. The topological polar surface area (TPSA) is 76.8 Å². The van der Waals surface area contributed by atoms with E-state index in [1.54, 1.807) is 14.0 Å². The Hall–Kier alpha value is -1.21. The van der Waals surface area contributed by atoms with E-state index in [1.165, 1.54) is 0 Å². The van der Waals surface area contributed by atoms with Crippen molar-refractivity contribution < 1.29 is 14.3 Å². The summed E-state index contributed by atoms with van der Waals surface area (Å²) in [6.45, 7) is 3.48. The van der Waals surface area contributed by atoms with Gasteiger partial charge in [-0.2, -0.15) is 0 Å². The van der Waals surface area contributed by atoms with Crippen LogP contribution in [0.4, 0.5) is 0 Å². The molecule has 0 heterocycles. The molecule has 134 valence electrons. The number of nitrogens with two attached hydrogens (primary N) is 1. The fourth-order valence-electron chi connectivity index (χ4n) is 1.63. The zero-order valence-corrected chi connectivity index (χ0v) is 15.6. The normalized spacial score (nSPS) is 11.0. The van der Waals surface area contributed by atoms with Gasteiger partial charge in [-0.1, -0.05) is 6.07 Å². The van der Waals surface area contributed by atoms with Crippen LogP contribution in [-0.2, 0) is 11.3 Å². The molecule has 0 spiro atoms. The number of likely N-dealkylation sites (N-methyl/N-ethyl adjacent to an activating group) is 1. The van der Waals surface area contributed by atoms with E-state index in [1.807, 2.05) is 37.2 Å². The first-order valence-electron chi connectivity index (χ1n) is 6.91. The molecule has 1 amide bonds. The van der Waals surface area contributed by atoms with Crippen LogP contribution in [0.2, 0.25) is 0 Å². The Kier molecular flexibility index (Phi) is 12.8. The summed E-state index contributed by atoms with van der Waals surface area (Å²) in [5.41, 5.74) is 6.43.